The Morgan fingerprint density at radius 3 is 2.89 bits per heavy atom. The molecule has 1 N–H and O–H groups in total. The Morgan fingerprint density at radius 1 is 1.61 bits per heavy atom. The normalized spacial score (nSPS) is 19.1. The van der Waals surface area contributed by atoms with Crippen LogP contribution in [0, 0.1) is 16.7 Å². The second kappa shape index (κ2) is 5.21. The molecule has 1 fully saturated rings. The average Bonchev–Trinajstić information content (AvgIpc) is 2.99. The lowest BCUT2D eigenvalue weighted by Gasteiger charge is -2.22. The van der Waals surface area contributed by atoms with E-state index < -0.39 is 5.41 Å². The van der Waals surface area contributed by atoms with Gasteiger partial charge in [-0.05, 0) is 25.8 Å². The molecule has 96 valence electrons. The van der Waals surface area contributed by atoms with Gasteiger partial charge in [0, 0.05) is 18.4 Å². The molecule has 1 amide bonds. The van der Waals surface area contributed by atoms with Gasteiger partial charge >= 0.3 is 0 Å². The first-order valence-electron chi connectivity index (χ1n) is 6.36. The van der Waals surface area contributed by atoms with E-state index in [0.29, 0.717) is 19.4 Å². The van der Waals surface area contributed by atoms with Gasteiger partial charge < -0.3 is 5.32 Å². The Bertz CT molecular complexity index is 440. The Hall–Kier alpha value is -1.83. The minimum Gasteiger partial charge on any atom is -0.350 e. The first kappa shape index (κ1) is 12.6. The van der Waals surface area contributed by atoms with Crippen molar-refractivity contribution >= 4 is 5.91 Å². The highest BCUT2D eigenvalue weighted by molar-refractivity contribution is 5.85. The summed E-state index contributed by atoms with van der Waals surface area (Å²) >= 11 is 0. The molecule has 2 rings (SSSR count). The molecular weight excluding hydrogens is 228 g/mol. The first-order chi connectivity index (χ1) is 8.66. The number of nitriles is 1. The van der Waals surface area contributed by atoms with E-state index in [9.17, 15) is 10.1 Å². The number of carbonyl (C=O) groups is 1. The monoisotopic (exact) mass is 246 g/mol. The molecule has 1 aromatic heterocycles. The van der Waals surface area contributed by atoms with Crippen molar-refractivity contribution in [3.63, 3.8) is 0 Å². The summed E-state index contributed by atoms with van der Waals surface area (Å²) < 4.78 is 1.78. The fourth-order valence-electron chi connectivity index (χ4n) is 2.46. The molecule has 1 atom stereocenters. The van der Waals surface area contributed by atoms with Gasteiger partial charge in [0.1, 0.15) is 5.41 Å². The summed E-state index contributed by atoms with van der Waals surface area (Å²) in [5, 5.41) is 16.3. The van der Waals surface area contributed by atoms with Gasteiger partial charge in [0.2, 0.25) is 5.91 Å². The van der Waals surface area contributed by atoms with Crippen LogP contribution >= 0.6 is 0 Å². The van der Waals surface area contributed by atoms with Crippen LogP contribution in [-0.4, -0.2) is 21.7 Å². The van der Waals surface area contributed by atoms with Crippen LogP contribution in [0.5, 0.6) is 0 Å². The van der Waals surface area contributed by atoms with Crippen LogP contribution in [0.25, 0.3) is 0 Å². The third-order valence-electron chi connectivity index (χ3n) is 3.50. The minimum atomic E-state index is -0.793. The number of amides is 1. The smallest absolute Gasteiger partial charge is 0.240 e. The molecule has 1 heterocycles. The summed E-state index contributed by atoms with van der Waals surface area (Å²) in [6, 6.07) is 4.03. The molecule has 0 saturated heterocycles. The molecule has 5 heteroatoms. The van der Waals surface area contributed by atoms with Crippen molar-refractivity contribution < 1.29 is 4.79 Å². The molecule has 18 heavy (non-hydrogen) atoms. The lowest BCUT2D eigenvalue weighted by atomic mass is 9.87. The van der Waals surface area contributed by atoms with Crippen molar-refractivity contribution in [3.05, 3.63) is 18.5 Å². The van der Waals surface area contributed by atoms with Gasteiger partial charge in [0.05, 0.1) is 12.6 Å². The van der Waals surface area contributed by atoms with Crippen LogP contribution in [0.3, 0.4) is 0 Å². The molecule has 0 aliphatic heterocycles. The second-order valence-corrected chi connectivity index (χ2v) is 5.00. The maximum atomic E-state index is 12.2. The molecular formula is C13H18N4O. The molecule has 0 bridgehead atoms. The topological polar surface area (TPSA) is 70.7 Å². The van der Waals surface area contributed by atoms with Crippen molar-refractivity contribution in [2.75, 3.05) is 0 Å². The summed E-state index contributed by atoms with van der Waals surface area (Å²) in [6.45, 7) is 2.56. The van der Waals surface area contributed by atoms with Crippen molar-refractivity contribution in [2.45, 2.75) is 45.2 Å². The van der Waals surface area contributed by atoms with E-state index in [0.717, 1.165) is 12.8 Å². The van der Waals surface area contributed by atoms with E-state index in [4.69, 9.17) is 0 Å². The summed E-state index contributed by atoms with van der Waals surface area (Å²) in [5.41, 5.74) is -0.793. The lowest BCUT2D eigenvalue weighted by Crippen LogP contribution is -2.44. The van der Waals surface area contributed by atoms with E-state index in [-0.39, 0.29) is 11.9 Å². The van der Waals surface area contributed by atoms with Gasteiger partial charge in [-0.1, -0.05) is 12.8 Å². The summed E-state index contributed by atoms with van der Waals surface area (Å²) in [5.74, 6) is -0.123. The molecule has 1 aromatic rings. The summed E-state index contributed by atoms with van der Waals surface area (Å²) in [6.07, 6.45) is 6.87. The highest BCUT2D eigenvalue weighted by Crippen LogP contribution is 2.37. The largest absolute Gasteiger partial charge is 0.350 e. The zero-order valence-electron chi connectivity index (χ0n) is 10.6. The Balaban J connectivity index is 1.92. The van der Waals surface area contributed by atoms with Gasteiger partial charge in [0.25, 0.3) is 0 Å². The molecule has 1 unspecified atom stereocenters. The fraction of sp³-hybridized carbons (Fsp3) is 0.615. The van der Waals surface area contributed by atoms with Crippen LogP contribution < -0.4 is 5.32 Å². The van der Waals surface area contributed by atoms with Crippen LogP contribution in [-0.2, 0) is 11.3 Å². The fourth-order valence-corrected chi connectivity index (χ4v) is 2.46. The highest BCUT2D eigenvalue weighted by Gasteiger charge is 2.41. The van der Waals surface area contributed by atoms with Crippen molar-refractivity contribution in [1.82, 2.24) is 15.1 Å². The molecule has 5 nitrogen and oxygen atoms in total. The van der Waals surface area contributed by atoms with Crippen molar-refractivity contribution in [3.8, 4) is 6.07 Å². The molecule has 0 aromatic carbocycles. The number of hydrogen-bond donors (Lipinski definition) is 1. The van der Waals surface area contributed by atoms with Gasteiger partial charge in [-0.25, -0.2) is 0 Å². The number of nitrogens with one attached hydrogen (secondary N) is 1. The molecule has 1 aliphatic carbocycles. The molecule has 1 aliphatic rings. The number of aromatic nitrogens is 2. The third kappa shape index (κ3) is 2.53. The van der Waals surface area contributed by atoms with E-state index in [1.807, 2.05) is 19.2 Å². The summed E-state index contributed by atoms with van der Waals surface area (Å²) in [4.78, 5) is 12.2. The SMILES string of the molecule is CC(Cn1cccn1)NC(=O)C1(C#N)CCCC1. The van der Waals surface area contributed by atoms with Crippen molar-refractivity contribution in [2.24, 2.45) is 5.41 Å². The standard InChI is InChI=1S/C13H18N4O/c1-11(9-17-8-4-7-15-17)16-12(18)13(10-14)5-2-3-6-13/h4,7-8,11H,2-3,5-6,9H2,1H3,(H,16,18). The van der Waals surface area contributed by atoms with Gasteiger partial charge in [0.15, 0.2) is 0 Å². The zero-order chi connectivity index (χ0) is 13.0. The van der Waals surface area contributed by atoms with E-state index in [2.05, 4.69) is 16.5 Å². The van der Waals surface area contributed by atoms with Crippen LogP contribution in [0.15, 0.2) is 18.5 Å². The third-order valence-corrected chi connectivity index (χ3v) is 3.50. The number of rotatable bonds is 4. The minimum absolute atomic E-state index is 0.0248. The maximum Gasteiger partial charge on any atom is 0.240 e. The van der Waals surface area contributed by atoms with Crippen LogP contribution in [0.1, 0.15) is 32.6 Å². The maximum absolute atomic E-state index is 12.2. The number of carbonyl (C=O) groups excluding carboxylic acids is 1. The Labute approximate surface area is 107 Å². The highest BCUT2D eigenvalue weighted by atomic mass is 16.2. The van der Waals surface area contributed by atoms with E-state index in [1.165, 1.54) is 0 Å². The van der Waals surface area contributed by atoms with Crippen LogP contribution in [0.2, 0.25) is 0 Å². The van der Waals surface area contributed by atoms with E-state index in [1.54, 1.807) is 10.9 Å². The zero-order valence-corrected chi connectivity index (χ0v) is 10.6. The average molecular weight is 246 g/mol. The van der Waals surface area contributed by atoms with Gasteiger partial charge in [-0.3, -0.25) is 9.48 Å². The van der Waals surface area contributed by atoms with Gasteiger partial charge in [-0.2, -0.15) is 10.4 Å². The Morgan fingerprint density at radius 2 is 2.33 bits per heavy atom. The first-order valence-corrected chi connectivity index (χ1v) is 6.36. The summed E-state index contributed by atoms with van der Waals surface area (Å²) in [7, 11) is 0. The van der Waals surface area contributed by atoms with Crippen molar-refractivity contribution in [1.29, 1.82) is 5.26 Å². The van der Waals surface area contributed by atoms with Gasteiger partial charge in [-0.15, -0.1) is 0 Å². The molecule has 0 spiro atoms. The quantitative estimate of drug-likeness (QED) is 0.874. The number of nitrogens with zero attached hydrogens (tertiary/aromatic N) is 3. The predicted molar refractivity (Wildman–Crippen MR) is 66.3 cm³/mol. The Kier molecular flexibility index (Phi) is 3.66. The van der Waals surface area contributed by atoms with E-state index >= 15 is 0 Å². The number of hydrogen-bond acceptors (Lipinski definition) is 3. The molecule has 1 saturated carbocycles. The predicted octanol–water partition coefficient (Wildman–Crippen LogP) is 1.47. The molecule has 0 radical (unpaired) electrons. The second-order valence-electron chi connectivity index (χ2n) is 5.00. The lowest BCUT2D eigenvalue weighted by molar-refractivity contribution is -0.128. The van der Waals surface area contributed by atoms with Crippen LogP contribution in [0.4, 0.5) is 0 Å².